The Morgan fingerprint density at radius 3 is 1.03 bits per heavy atom. The van der Waals surface area contributed by atoms with Gasteiger partial charge in [0.15, 0.2) is 8.07 Å². The van der Waals surface area contributed by atoms with Crippen molar-refractivity contribution in [3.63, 3.8) is 0 Å². The number of rotatable bonds is 8. The fourth-order valence-corrected chi connectivity index (χ4v) is 9.53. The standard InChI is InChI=1S/C24H18F2O6S2Si/c25-33(27,28)31-19-11-15-23(16-12-19)35(21-7-3-1-4-8-21,22-9-5-2-6-10-22)24-17-13-20(14-18-24)32-34(26,29)30/h1-18H. The normalized spacial score (nSPS) is 12.2. The van der Waals surface area contributed by atoms with Gasteiger partial charge in [0.2, 0.25) is 0 Å². The van der Waals surface area contributed by atoms with Gasteiger partial charge < -0.3 is 8.37 Å². The van der Waals surface area contributed by atoms with E-state index in [1.54, 1.807) is 24.3 Å². The number of hydrogen-bond acceptors (Lipinski definition) is 6. The molecule has 11 heteroatoms. The van der Waals surface area contributed by atoms with E-state index in [0.29, 0.717) is 0 Å². The maximum absolute atomic E-state index is 13.0. The van der Waals surface area contributed by atoms with Gasteiger partial charge in [0.05, 0.1) is 0 Å². The molecule has 0 saturated heterocycles. The highest BCUT2D eigenvalue weighted by Gasteiger charge is 2.41. The molecule has 0 saturated carbocycles. The summed E-state index contributed by atoms with van der Waals surface area (Å²) >= 11 is 0. The van der Waals surface area contributed by atoms with Crippen LogP contribution in [0.4, 0.5) is 7.77 Å². The molecule has 4 rings (SSSR count). The fourth-order valence-electron chi connectivity index (χ4n) is 4.13. The van der Waals surface area contributed by atoms with Crippen molar-refractivity contribution < 1.29 is 33.0 Å². The van der Waals surface area contributed by atoms with Crippen LogP contribution in [0, 0.1) is 0 Å². The van der Waals surface area contributed by atoms with Crippen LogP contribution in [-0.2, 0) is 21.0 Å². The molecule has 6 nitrogen and oxygen atoms in total. The van der Waals surface area contributed by atoms with Crippen molar-refractivity contribution in [3.8, 4) is 11.5 Å². The Bertz CT molecular complexity index is 1390. The number of hydrogen-bond donors (Lipinski definition) is 0. The molecule has 0 aliphatic carbocycles. The topological polar surface area (TPSA) is 86.7 Å². The lowest BCUT2D eigenvalue weighted by Gasteiger charge is -2.34. The molecule has 180 valence electrons. The van der Waals surface area contributed by atoms with Crippen molar-refractivity contribution in [2.45, 2.75) is 0 Å². The van der Waals surface area contributed by atoms with Gasteiger partial charge in [0.1, 0.15) is 11.5 Å². The molecule has 4 aromatic carbocycles. The fraction of sp³-hybridized carbons (Fsp3) is 0. The lowest BCUT2D eigenvalue weighted by molar-refractivity contribution is 0.438. The van der Waals surface area contributed by atoms with Crippen LogP contribution < -0.4 is 29.1 Å². The molecular formula is C24H18F2O6S2Si. The molecule has 0 bridgehead atoms. The number of halogens is 2. The van der Waals surface area contributed by atoms with Gasteiger partial charge in [-0.1, -0.05) is 92.7 Å². The summed E-state index contributed by atoms with van der Waals surface area (Å²) in [5, 5.41) is 3.55. The average Bonchev–Trinajstić information content (AvgIpc) is 2.81. The summed E-state index contributed by atoms with van der Waals surface area (Å²) in [7, 11) is -13.4. The van der Waals surface area contributed by atoms with Crippen LogP contribution >= 0.6 is 0 Å². The SMILES string of the molecule is O=S(=O)(F)Oc1ccc([Si](c2ccccc2)(c2ccccc2)c2ccc(OS(=O)(=O)F)cc2)cc1. The van der Waals surface area contributed by atoms with Crippen LogP contribution in [0.2, 0.25) is 0 Å². The second-order valence-corrected chi connectivity index (χ2v) is 13.2. The number of benzene rings is 4. The summed E-state index contributed by atoms with van der Waals surface area (Å²) < 4.78 is 78.5. The first kappa shape index (κ1) is 24.6. The van der Waals surface area contributed by atoms with Gasteiger partial charge in [-0.05, 0) is 45.0 Å². The summed E-state index contributed by atoms with van der Waals surface area (Å²) in [6.07, 6.45) is 0. The molecule has 0 heterocycles. The first-order valence-electron chi connectivity index (χ1n) is 10.2. The minimum absolute atomic E-state index is 0.183. The molecule has 0 aliphatic heterocycles. The summed E-state index contributed by atoms with van der Waals surface area (Å²) in [6.45, 7) is 0. The Kier molecular flexibility index (Phi) is 6.74. The molecule has 35 heavy (non-hydrogen) atoms. The lowest BCUT2D eigenvalue weighted by Crippen LogP contribution is -2.74. The minimum atomic E-state index is -5.18. The van der Waals surface area contributed by atoms with E-state index in [4.69, 9.17) is 0 Å². The van der Waals surface area contributed by atoms with E-state index in [0.717, 1.165) is 20.7 Å². The van der Waals surface area contributed by atoms with E-state index in [-0.39, 0.29) is 11.5 Å². The Morgan fingerprint density at radius 1 is 0.457 bits per heavy atom. The smallest absolute Gasteiger partial charge is 0.358 e. The lowest BCUT2D eigenvalue weighted by atomic mass is 10.3. The second-order valence-electron chi connectivity index (χ2n) is 7.48. The van der Waals surface area contributed by atoms with E-state index in [1.165, 1.54) is 24.3 Å². The molecule has 0 aliphatic rings. The average molecular weight is 533 g/mol. The van der Waals surface area contributed by atoms with Crippen LogP contribution in [0.3, 0.4) is 0 Å². The van der Waals surface area contributed by atoms with Crippen LogP contribution in [0.1, 0.15) is 0 Å². The first-order chi connectivity index (χ1) is 16.6. The maximum Gasteiger partial charge on any atom is 0.488 e. The Hall–Kier alpha value is -3.54. The third-order valence-corrected chi connectivity index (χ3v) is 11.0. The van der Waals surface area contributed by atoms with Gasteiger partial charge in [0.25, 0.3) is 0 Å². The highest BCUT2D eigenvalue weighted by molar-refractivity contribution is 7.82. The zero-order chi connectivity index (χ0) is 25.1. The van der Waals surface area contributed by atoms with Crippen molar-refractivity contribution >= 4 is 49.8 Å². The van der Waals surface area contributed by atoms with Gasteiger partial charge in [-0.3, -0.25) is 0 Å². The first-order valence-corrected chi connectivity index (χ1v) is 14.8. The van der Waals surface area contributed by atoms with Crippen molar-refractivity contribution in [1.29, 1.82) is 0 Å². The predicted octanol–water partition coefficient (Wildman–Crippen LogP) is 2.25. The van der Waals surface area contributed by atoms with Gasteiger partial charge in [-0.2, -0.15) is 16.8 Å². The summed E-state index contributed by atoms with van der Waals surface area (Å²) in [5.74, 6) is -0.366. The van der Waals surface area contributed by atoms with Crippen LogP contribution in [0.15, 0.2) is 109 Å². The summed E-state index contributed by atoms with van der Waals surface area (Å²) in [5.41, 5.74) is 0. The molecule has 0 amide bonds. The van der Waals surface area contributed by atoms with E-state index in [1.807, 2.05) is 60.7 Å². The van der Waals surface area contributed by atoms with E-state index >= 15 is 0 Å². The molecule has 0 unspecified atom stereocenters. The Morgan fingerprint density at radius 2 is 0.743 bits per heavy atom. The van der Waals surface area contributed by atoms with E-state index in [2.05, 4.69) is 8.37 Å². The molecule has 0 aromatic heterocycles. The maximum atomic E-state index is 13.0. The summed E-state index contributed by atoms with van der Waals surface area (Å²) in [4.78, 5) is 0. The third-order valence-electron chi connectivity index (χ3n) is 5.38. The van der Waals surface area contributed by atoms with Crippen molar-refractivity contribution in [2.75, 3.05) is 0 Å². The third kappa shape index (κ3) is 5.58. The zero-order valence-electron chi connectivity index (χ0n) is 17.9. The van der Waals surface area contributed by atoms with Crippen LogP contribution in [0.25, 0.3) is 0 Å². The molecule has 0 N–H and O–H groups in total. The van der Waals surface area contributed by atoms with Crippen molar-refractivity contribution in [3.05, 3.63) is 109 Å². The van der Waals surface area contributed by atoms with E-state index < -0.39 is 29.1 Å². The minimum Gasteiger partial charge on any atom is -0.358 e. The molecule has 0 spiro atoms. The molecule has 0 radical (unpaired) electrons. The molecule has 4 aromatic rings. The second kappa shape index (κ2) is 9.60. The van der Waals surface area contributed by atoms with Crippen LogP contribution in [-0.4, -0.2) is 24.9 Å². The predicted molar refractivity (Wildman–Crippen MR) is 131 cm³/mol. The van der Waals surface area contributed by atoms with Gasteiger partial charge in [-0.15, -0.1) is 0 Å². The van der Waals surface area contributed by atoms with Gasteiger partial charge >= 0.3 is 21.0 Å². The summed E-state index contributed by atoms with van der Waals surface area (Å²) in [6, 6.07) is 31.3. The zero-order valence-corrected chi connectivity index (χ0v) is 20.5. The Balaban J connectivity index is 1.97. The van der Waals surface area contributed by atoms with Crippen molar-refractivity contribution in [2.24, 2.45) is 0 Å². The highest BCUT2D eigenvalue weighted by Crippen LogP contribution is 2.18. The van der Waals surface area contributed by atoms with Gasteiger partial charge in [0, 0.05) is 0 Å². The van der Waals surface area contributed by atoms with Gasteiger partial charge in [-0.25, -0.2) is 0 Å². The highest BCUT2D eigenvalue weighted by atomic mass is 32.3. The monoisotopic (exact) mass is 532 g/mol. The molecule has 0 fully saturated rings. The largest absolute Gasteiger partial charge is 0.488 e. The Labute approximate surface area is 203 Å². The quantitative estimate of drug-likeness (QED) is 0.197. The molecule has 0 atom stereocenters. The molecular weight excluding hydrogens is 514 g/mol. The van der Waals surface area contributed by atoms with Crippen LogP contribution in [0.5, 0.6) is 11.5 Å². The van der Waals surface area contributed by atoms with E-state index in [9.17, 15) is 24.6 Å². The van der Waals surface area contributed by atoms with Crippen molar-refractivity contribution in [1.82, 2.24) is 0 Å².